The van der Waals surface area contributed by atoms with E-state index < -0.39 is 0 Å². The van der Waals surface area contributed by atoms with Crippen LogP contribution in [0.3, 0.4) is 0 Å². The first-order chi connectivity index (χ1) is 15.2. The monoisotopic (exact) mass is 464 g/mol. The standard InChI is InChI=1S/C26H25ClN2O2S/c1-26(2,3)18-11-13-20(14-12-18)29-23(30)16-32-25(29)17-7-6-8-19(15-17)28-24(31)21-9-4-5-10-22(21)27/h4-15,25H,16H2,1-3H3,(H,28,31). The molecular weight excluding hydrogens is 440 g/mol. The summed E-state index contributed by atoms with van der Waals surface area (Å²) in [4.78, 5) is 27.2. The molecule has 0 bridgehead atoms. The second-order valence-electron chi connectivity index (χ2n) is 8.78. The molecule has 0 saturated carbocycles. The SMILES string of the molecule is CC(C)(C)c1ccc(N2C(=O)CSC2c2cccc(NC(=O)c3ccccc3Cl)c2)cc1. The van der Waals surface area contributed by atoms with Crippen LogP contribution in [0.2, 0.25) is 5.02 Å². The average molecular weight is 465 g/mol. The van der Waals surface area contributed by atoms with E-state index in [0.717, 1.165) is 11.3 Å². The highest BCUT2D eigenvalue weighted by molar-refractivity contribution is 8.00. The summed E-state index contributed by atoms with van der Waals surface area (Å²) < 4.78 is 0. The van der Waals surface area contributed by atoms with Crippen LogP contribution >= 0.6 is 23.4 Å². The molecule has 0 radical (unpaired) electrons. The summed E-state index contributed by atoms with van der Waals surface area (Å²) in [5.74, 6) is 0.230. The molecule has 4 nitrogen and oxygen atoms in total. The molecule has 6 heteroatoms. The van der Waals surface area contributed by atoms with Gasteiger partial charge in [-0.05, 0) is 52.9 Å². The maximum Gasteiger partial charge on any atom is 0.257 e. The van der Waals surface area contributed by atoms with Crippen LogP contribution in [-0.2, 0) is 10.2 Å². The van der Waals surface area contributed by atoms with Crippen LogP contribution in [0.5, 0.6) is 0 Å². The van der Waals surface area contributed by atoms with Gasteiger partial charge in [0.2, 0.25) is 5.91 Å². The number of carbonyl (C=O) groups excluding carboxylic acids is 2. The normalized spacial score (nSPS) is 16.3. The van der Waals surface area contributed by atoms with Crippen LogP contribution in [-0.4, -0.2) is 17.6 Å². The number of nitrogens with zero attached hydrogens (tertiary/aromatic N) is 1. The number of amides is 2. The number of nitrogens with one attached hydrogen (secondary N) is 1. The summed E-state index contributed by atoms with van der Waals surface area (Å²) in [6, 6.07) is 22.8. The predicted octanol–water partition coefficient (Wildman–Crippen LogP) is 6.67. The first-order valence-corrected chi connectivity index (χ1v) is 11.9. The Morgan fingerprint density at radius 1 is 1.03 bits per heavy atom. The van der Waals surface area contributed by atoms with Gasteiger partial charge < -0.3 is 5.32 Å². The van der Waals surface area contributed by atoms with Gasteiger partial charge in [0.1, 0.15) is 5.37 Å². The molecule has 0 aliphatic carbocycles. The van der Waals surface area contributed by atoms with Crippen molar-refractivity contribution in [2.24, 2.45) is 0 Å². The topological polar surface area (TPSA) is 49.4 Å². The molecule has 1 atom stereocenters. The Balaban J connectivity index is 1.58. The smallest absolute Gasteiger partial charge is 0.257 e. The molecule has 1 saturated heterocycles. The van der Waals surface area contributed by atoms with Crippen molar-refractivity contribution in [1.82, 2.24) is 0 Å². The van der Waals surface area contributed by atoms with Crippen molar-refractivity contribution in [3.05, 3.63) is 94.5 Å². The molecule has 1 fully saturated rings. The number of halogens is 1. The van der Waals surface area contributed by atoms with Gasteiger partial charge in [-0.15, -0.1) is 11.8 Å². The highest BCUT2D eigenvalue weighted by Gasteiger charge is 2.34. The number of rotatable bonds is 4. The first kappa shape index (κ1) is 22.4. The summed E-state index contributed by atoms with van der Waals surface area (Å²) >= 11 is 7.74. The Bertz CT molecular complexity index is 1150. The molecule has 164 valence electrons. The van der Waals surface area contributed by atoms with E-state index in [0.29, 0.717) is 22.0 Å². The zero-order valence-electron chi connectivity index (χ0n) is 18.3. The zero-order chi connectivity index (χ0) is 22.9. The lowest BCUT2D eigenvalue weighted by Crippen LogP contribution is -2.28. The summed E-state index contributed by atoms with van der Waals surface area (Å²) in [6.45, 7) is 6.51. The fourth-order valence-corrected chi connectivity index (χ4v) is 5.07. The van der Waals surface area contributed by atoms with Gasteiger partial charge in [0.15, 0.2) is 0 Å². The summed E-state index contributed by atoms with van der Waals surface area (Å²) in [7, 11) is 0. The summed E-state index contributed by atoms with van der Waals surface area (Å²) in [5.41, 5.74) is 4.19. The molecule has 0 spiro atoms. The molecule has 3 aromatic carbocycles. The van der Waals surface area contributed by atoms with Crippen molar-refractivity contribution in [2.75, 3.05) is 16.0 Å². The van der Waals surface area contributed by atoms with Gasteiger partial charge in [0.25, 0.3) is 5.91 Å². The molecule has 1 aliphatic rings. The van der Waals surface area contributed by atoms with Crippen molar-refractivity contribution >= 4 is 46.6 Å². The van der Waals surface area contributed by atoms with Gasteiger partial charge in [-0.1, -0.05) is 68.8 Å². The lowest BCUT2D eigenvalue weighted by molar-refractivity contribution is -0.115. The first-order valence-electron chi connectivity index (χ1n) is 10.4. The number of anilines is 2. The largest absolute Gasteiger partial charge is 0.322 e. The predicted molar refractivity (Wildman–Crippen MR) is 134 cm³/mol. The van der Waals surface area contributed by atoms with Crippen molar-refractivity contribution < 1.29 is 9.59 Å². The summed E-state index contributed by atoms with van der Waals surface area (Å²) in [5, 5.41) is 3.17. The molecule has 3 aromatic rings. The number of carbonyl (C=O) groups is 2. The minimum Gasteiger partial charge on any atom is -0.322 e. The molecule has 4 rings (SSSR count). The van der Waals surface area contributed by atoms with Crippen molar-refractivity contribution in [1.29, 1.82) is 0 Å². The van der Waals surface area contributed by atoms with Gasteiger partial charge in [-0.2, -0.15) is 0 Å². The van der Waals surface area contributed by atoms with E-state index in [1.54, 1.807) is 36.0 Å². The maximum absolute atomic E-state index is 12.7. The van der Waals surface area contributed by atoms with Crippen LogP contribution in [0.1, 0.15) is 47.6 Å². The van der Waals surface area contributed by atoms with Crippen molar-refractivity contribution in [2.45, 2.75) is 31.6 Å². The molecule has 1 N–H and O–H groups in total. The van der Waals surface area contributed by atoms with Crippen LogP contribution in [0.25, 0.3) is 0 Å². The number of hydrogen-bond acceptors (Lipinski definition) is 3. The number of hydrogen-bond donors (Lipinski definition) is 1. The van der Waals surface area contributed by atoms with Crippen LogP contribution in [0, 0.1) is 0 Å². The Morgan fingerprint density at radius 3 is 2.44 bits per heavy atom. The van der Waals surface area contributed by atoms with Gasteiger partial charge in [-0.25, -0.2) is 0 Å². The van der Waals surface area contributed by atoms with Gasteiger partial charge in [-0.3, -0.25) is 14.5 Å². The van der Waals surface area contributed by atoms with E-state index in [1.165, 1.54) is 5.56 Å². The molecule has 0 aromatic heterocycles. The molecule has 1 aliphatic heterocycles. The fraction of sp³-hybridized carbons (Fsp3) is 0.231. The fourth-order valence-electron chi connectivity index (χ4n) is 3.69. The van der Waals surface area contributed by atoms with E-state index in [9.17, 15) is 9.59 Å². The summed E-state index contributed by atoms with van der Waals surface area (Å²) in [6.07, 6.45) is 0. The van der Waals surface area contributed by atoms with Crippen LogP contribution in [0.15, 0.2) is 72.8 Å². The van der Waals surface area contributed by atoms with E-state index in [2.05, 4.69) is 38.2 Å². The van der Waals surface area contributed by atoms with Crippen LogP contribution in [0.4, 0.5) is 11.4 Å². The maximum atomic E-state index is 12.7. The van der Waals surface area contributed by atoms with Crippen LogP contribution < -0.4 is 10.2 Å². The van der Waals surface area contributed by atoms with Gasteiger partial charge in [0, 0.05) is 11.4 Å². The van der Waals surface area contributed by atoms with E-state index >= 15 is 0 Å². The van der Waals surface area contributed by atoms with Gasteiger partial charge >= 0.3 is 0 Å². The molecule has 32 heavy (non-hydrogen) atoms. The second kappa shape index (κ2) is 9.00. The molecule has 2 amide bonds. The zero-order valence-corrected chi connectivity index (χ0v) is 19.8. The number of benzene rings is 3. The highest BCUT2D eigenvalue weighted by atomic mass is 35.5. The average Bonchev–Trinajstić information content (AvgIpc) is 3.15. The molecule has 1 unspecified atom stereocenters. The van der Waals surface area contributed by atoms with Gasteiger partial charge in [0.05, 0.1) is 16.3 Å². The quantitative estimate of drug-likeness (QED) is 0.469. The molecule has 1 heterocycles. The lowest BCUT2D eigenvalue weighted by atomic mass is 9.87. The lowest BCUT2D eigenvalue weighted by Gasteiger charge is -2.26. The third-order valence-electron chi connectivity index (χ3n) is 5.43. The third kappa shape index (κ3) is 4.69. The van der Waals surface area contributed by atoms with Crippen molar-refractivity contribution in [3.8, 4) is 0 Å². The highest BCUT2D eigenvalue weighted by Crippen LogP contribution is 2.42. The second-order valence-corrected chi connectivity index (χ2v) is 10.3. The Hall–Kier alpha value is -2.76. The van der Waals surface area contributed by atoms with E-state index in [1.807, 2.05) is 41.3 Å². The minimum absolute atomic E-state index is 0.0515. The Morgan fingerprint density at radius 2 is 1.75 bits per heavy atom. The Labute approximate surface area is 198 Å². The van der Waals surface area contributed by atoms with E-state index in [-0.39, 0.29) is 22.6 Å². The molecular formula is C26H25ClN2O2S. The number of thioether (sulfide) groups is 1. The van der Waals surface area contributed by atoms with Crippen molar-refractivity contribution in [3.63, 3.8) is 0 Å². The Kier molecular flexibility index (Phi) is 6.31. The minimum atomic E-state index is -0.266. The van der Waals surface area contributed by atoms with E-state index in [4.69, 9.17) is 11.6 Å². The third-order valence-corrected chi connectivity index (χ3v) is 6.97.